The van der Waals surface area contributed by atoms with Crippen LogP contribution in [0.25, 0.3) is 0 Å². The normalized spacial score (nSPS) is 37.1. The Kier molecular flexibility index (Phi) is 2.60. The average molecular weight is 276 g/mol. The van der Waals surface area contributed by atoms with Gasteiger partial charge in [0.15, 0.2) is 5.96 Å². The summed E-state index contributed by atoms with van der Waals surface area (Å²) in [5, 5.41) is 2.14. The summed E-state index contributed by atoms with van der Waals surface area (Å²) in [6.07, 6.45) is 2.52. The Hall–Kier alpha value is -1.07. The van der Waals surface area contributed by atoms with Gasteiger partial charge in [0.25, 0.3) is 0 Å². The highest BCUT2D eigenvalue weighted by Gasteiger charge is 2.52. The lowest BCUT2D eigenvalue weighted by molar-refractivity contribution is 0.0671. The number of piperidine rings is 1. The first kappa shape index (κ1) is 11.7. The van der Waals surface area contributed by atoms with Gasteiger partial charge in [0.2, 0.25) is 0 Å². The fraction of sp³-hybridized carbons (Fsp3) is 0.643. The van der Waals surface area contributed by atoms with Crippen LogP contribution in [0, 0.1) is 5.92 Å². The molecule has 2 N–H and O–H groups in total. The second-order valence-corrected chi connectivity index (χ2v) is 7.01. The molecule has 1 aromatic rings. The molecule has 1 aromatic heterocycles. The maximum absolute atomic E-state index is 6.20. The van der Waals surface area contributed by atoms with E-state index in [4.69, 9.17) is 5.73 Å². The van der Waals surface area contributed by atoms with E-state index in [-0.39, 0.29) is 5.54 Å². The van der Waals surface area contributed by atoms with Crippen LogP contribution in [0.2, 0.25) is 0 Å². The monoisotopic (exact) mass is 276 g/mol. The average Bonchev–Trinajstić information content (AvgIpc) is 3.11. The summed E-state index contributed by atoms with van der Waals surface area (Å²) in [4.78, 5) is 11.0. The van der Waals surface area contributed by atoms with Gasteiger partial charge in [0, 0.05) is 18.0 Å². The number of fused-ring (bicyclic) bond motifs is 3. The highest BCUT2D eigenvalue weighted by atomic mass is 32.1. The second-order valence-electron chi connectivity index (χ2n) is 5.98. The molecular formula is C14H20N4S. The molecule has 4 heterocycles. The molecule has 3 aliphatic rings. The highest BCUT2D eigenvalue weighted by Crippen LogP contribution is 2.43. The van der Waals surface area contributed by atoms with Gasteiger partial charge in [-0.3, -0.25) is 4.99 Å². The lowest BCUT2D eigenvalue weighted by Gasteiger charge is -2.46. The van der Waals surface area contributed by atoms with Gasteiger partial charge in [-0.15, -0.1) is 11.3 Å². The lowest BCUT2D eigenvalue weighted by Crippen LogP contribution is -2.59. The van der Waals surface area contributed by atoms with Gasteiger partial charge in [0.1, 0.15) is 0 Å². The van der Waals surface area contributed by atoms with Gasteiger partial charge in [-0.1, -0.05) is 6.07 Å². The number of rotatable bonds is 2. The van der Waals surface area contributed by atoms with Crippen LogP contribution in [0.4, 0.5) is 0 Å². The van der Waals surface area contributed by atoms with Crippen LogP contribution in [0.5, 0.6) is 0 Å². The molecule has 0 saturated carbocycles. The van der Waals surface area contributed by atoms with E-state index in [1.54, 1.807) is 0 Å². The van der Waals surface area contributed by atoms with Crippen LogP contribution in [0.15, 0.2) is 22.5 Å². The number of nitrogens with zero attached hydrogens (tertiary/aromatic N) is 3. The van der Waals surface area contributed by atoms with E-state index in [9.17, 15) is 0 Å². The summed E-state index contributed by atoms with van der Waals surface area (Å²) in [7, 11) is 0. The summed E-state index contributed by atoms with van der Waals surface area (Å²) in [5.74, 6) is 1.50. The largest absolute Gasteiger partial charge is 0.370 e. The van der Waals surface area contributed by atoms with Gasteiger partial charge < -0.3 is 15.5 Å². The molecule has 2 saturated heterocycles. The molecule has 0 aliphatic carbocycles. The van der Waals surface area contributed by atoms with E-state index in [0.29, 0.717) is 0 Å². The van der Waals surface area contributed by atoms with Crippen LogP contribution < -0.4 is 5.73 Å². The van der Waals surface area contributed by atoms with E-state index in [1.165, 1.54) is 37.4 Å². The molecule has 3 unspecified atom stereocenters. The SMILES string of the molecule is NC1=NCC2(CCN3CCC2C3)N1Cc1cccs1. The molecule has 2 bridgehead atoms. The fourth-order valence-electron chi connectivity index (χ4n) is 4.01. The van der Waals surface area contributed by atoms with Crippen molar-refractivity contribution in [1.29, 1.82) is 0 Å². The molecule has 19 heavy (non-hydrogen) atoms. The third-order valence-electron chi connectivity index (χ3n) is 5.12. The van der Waals surface area contributed by atoms with Crippen molar-refractivity contribution in [2.24, 2.45) is 16.6 Å². The zero-order chi connectivity index (χ0) is 12.9. The molecule has 102 valence electrons. The van der Waals surface area contributed by atoms with Crippen molar-refractivity contribution in [2.75, 3.05) is 26.2 Å². The topological polar surface area (TPSA) is 44.9 Å². The molecule has 2 fully saturated rings. The maximum atomic E-state index is 6.20. The van der Waals surface area contributed by atoms with E-state index in [0.717, 1.165) is 25.0 Å². The van der Waals surface area contributed by atoms with Crippen LogP contribution in [-0.4, -0.2) is 47.5 Å². The van der Waals surface area contributed by atoms with Crippen LogP contribution in [-0.2, 0) is 6.54 Å². The van der Waals surface area contributed by atoms with Crippen LogP contribution in [0.3, 0.4) is 0 Å². The molecule has 0 radical (unpaired) electrons. The number of hydrogen-bond donors (Lipinski definition) is 1. The third kappa shape index (κ3) is 1.71. The van der Waals surface area contributed by atoms with Crippen LogP contribution >= 0.6 is 11.3 Å². The van der Waals surface area contributed by atoms with E-state index < -0.39 is 0 Å². The zero-order valence-corrected chi connectivity index (χ0v) is 11.9. The molecule has 3 atom stereocenters. The van der Waals surface area contributed by atoms with Crippen molar-refractivity contribution in [3.05, 3.63) is 22.4 Å². The van der Waals surface area contributed by atoms with Gasteiger partial charge in [0.05, 0.1) is 18.6 Å². The van der Waals surface area contributed by atoms with E-state index >= 15 is 0 Å². The minimum Gasteiger partial charge on any atom is -0.370 e. The van der Waals surface area contributed by atoms with Crippen molar-refractivity contribution < 1.29 is 0 Å². The minimum atomic E-state index is 0.209. The molecule has 1 spiro atoms. The first-order chi connectivity index (χ1) is 9.28. The zero-order valence-electron chi connectivity index (χ0n) is 11.1. The summed E-state index contributed by atoms with van der Waals surface area (Å²) in [6, 6.07) is 4.32. The van der Waals surface area contributed by atoms with Gasteiger partial charge in [-0.25, -0.2) is 0 Å². The molecule has 3 aliphatic heterocycles. The van der Waals surface area contributed by atoms with Gasteiger partial charge >= 0.3 is 0 Å². The van der Waals surface area contributed by atoms with Crippen LogP contribution in [0.1, 0.15) is 17.7 Å². The standard InChI is InChI=1S/C14H20N4S/c15-13-16-10-14(4-6-17-5-3-11(14)8-17)18(13)9-12-2-1-7-19-12/h1-2,7,11H,3-6,8-10H2,(H2,15,16). The van der Waals surface area contributed by atoms with E-state index in [2.05, 4.69) is 32.3 Å². The third-order valence-corrected chi connectivity index (χ3v) is 5.98. The molecule has 0 aromatic carbocycles. The van der Waals surface area contributed by atoms with E-state index in [1.807, 2.05) is 11.3 Å². The summed E-state index contributed by atoms with van der Waals surface area (Å²) in [5.41, 5.74) is 6.41. The summed E-state index contributed by atoms with van der Waals surface area (Å²) in [6.45, 7) is 5.55. The van der Waals surface area contributed by atoms with Gasteiger partial charge in [-0.05, 0) is 36.8 Å². The Bertz CT molecular complexity index is 498. The number of guanidine groups is 1. The molecule has 5 heteroatoms. The smallest absolute Gasteiger partial charge is 0.192 e. The summed E-state index contributed by atoms with van der Waals surface area (Å²) < 4.78 is 0. The Morgan fingerprint density at radius 2 is 2.42 bits per heavy atom. The molecule has 0 amide bonds. The summed E-state index contributed by atoms with van der Waals surface area (Å²) >= 11 is 1.82. The van der Waals surface area contributed by atoms with Crippen molar-refractivity contribution >= 4 is 17.3 Å². The predicted molar refractivity (Wildman–Crippen MR) is 78.2 cm³/mol. The quantitative estimate of drug-likeness (QED) is 0.886. The number of nitrogens with two attached hydrogens (primary N) is 1. The minimum absolute atomic E-state index is 0.209. The van der Waals surface area contributed by atoms with Crippen molar-refractivity contribution in [2.45, 2.75) is 24.9 Å². The number of thiophene rings is 1. The first-order valence-corrected chi connectivity index (χ1v) is 7.98. The number of aliphatic imine (C=N–C) groups is 1. The fourth-order valence-corrected chi connectivity index (χ4v) is 4.70. The molecule has 4 nitrogen and oxygen atoms in total. The highest BCUT2D eigenvalue weighted by molar-refractivity contribution is 7.09. The molecular weight excluding hydrogens is 256 g/mol. The van der Waals surface area contributed by atoms with Crippen molar-refractivity contribution in [1.82, 2.24) is 9.80 Å². The van der Waals surface area contributed by atoms with Gasteiger partial charge in [-0.2, -0.15) is 0 Å². The second kappa shape index (κ2) is 4.21. The first-order valence-electron chi connectivity index (χ1n) is 7.10. The Morgan fingerprint density at radius 1 is 1.47 bits per heavy atom. The van der Waals surface area contributed by atoms with Crippen molar-refractivity contribution in [3.8, 4) is 0 Å². The molecule has 4 rings (SSSR count). The maximum Gasteiger partial charge on any atom is 0.192 e. The van der Waals surface area contributed by atoms with Crippen molar-refractivity contribution in [3.63, 3.8) is 0 Å². The lowest BCUT2D eigenvalue weighted by atomic mass is 9.78. The predicted octanol–water partition coefficient (Wildman–Crippen LogP) is 1.34. The Morgan fingerprint density at radius 3 is 3.26 bits per heavy atom. The Labute approximate surface area is 117 Å². The Balaban J connectivity index is 1.64. The number of hydrogen-bond acceptors (Lipinski definition) is 5.